The Labute approximate surface area is 122 Å². The van der Waals surface area contributed by atoms with Crippen molar-refractivity contribution in [2.45, 2.75) is 19.4 Å². The number of hydrogen-bond donors (Lipinski definition) is 3. The van der Waals surface area contributed by atoms with Crippen molar-refractivity contribution in [3.8, 4) is 0 Å². The van der Waals surface area contributed by atoms with Gasteiger partial charge in [-0.25, -0.2) is 0 Å². The molecule has 5 nitrogen and oxygen atoms in total. The predicted octanol–water partition coefficient (Wildman–Crippen LogP) is 1.02. The van der Waals surface area contributed by atoms with E-state index in [2.05, 4.69) is 10.3 Å². The minimum Gasteiger partial charge on any atom is -0.394 e. The van der Waals surface area contributed by atoms with Gasteiger partial charge in [0, 0.05) is 18.0 Å². The van der Waals surface area contributed by atoms with Crippen molar-refractivity contribution in [2.24, 2.45) is 0 Å². The highest BCUT2D eigenvalue weighted by atomic mass is 16.3. The summed E-state index contributed by atoms with van der Waals surface area (Å²) in [5, 5.41) is 12.1. The summed E-state index contributed by atoms with van der Waals surface area (Å²) in [5.41, 5.74) is 1.42. The number of amides is 1. The van der Waals surface area contributed by atoms with E-state index >= 15 is 0 Å². The number of carbonyl (C=O) groups is 1. The number of benzene rings is 1. The SMILES string of the molecule is Cc1cc(=O)c(C(=O)NC(CO)Cc2ccccc2)c[nH]1. The molecule has 1 amide bonds. The molecule has 0 spiro atoms. The topological polar surface area (TPSA) is 82.2 Å². The Balaban J connectivity index is 2.07. The Morgan fingerprint density at radius 2 is 2.05 bits per heavy atom. The van der Waals surface area contributed by atoms with Crippen LogP contribution in [-0.2, 0) is 6.42 Å². The molecule has 0 radical (unpaired) electrons. The molecule has 0 saturated carbocycles. The highest BCUT2D eigenvalue weighted by molar-refractivity contribution is 5.94. The normalized spacial score (nSPS) is 11.9. The van der Waals surface area contributed by atoms with Crippen LogP contribution in [0.15, 0.2) is 47.4 Å². The molecule has 0 bridgehead atoms. The molecule has 0 fully saturated rings. The number of aromatic amines is 1. The van der Waals surface area contributed by atoms with Gasteiger partial charge in [0.25, 0.3) is 5.91 Å². The van der Waals surface area contributed by atoms with E-state index in [0.29, 0.717) is 12.1 Å². The number of aliphatic hydroxyl groups excluding tert-OH is 1. The van der Waals surface area contributed by atoms with Crippen LogP contribution in [0.2, 0.25) is 0 Å². The van der Waals surface area contributed by atoms with E-state index in [4.69, 9.17) is 0 Å². The molecule has 0 aliphatic rings. The van der Waals surface area contributed by atoms with Crippen molar-refractivity contribution in [1.29, 1.82) is 0 Å². The highest BCUT2D eigenvalue weighted by Gasteiger charge is 2.16. The quantitative estimate of drug-likeness (QED) is 0.767. The van der Waals surface area contributed by atoms with Gasteiger partial charge in [-0.2, -0.15) is 0 Å². The molecule has 1 heterocycles. The Kier molecular flexibility index (Phi) is 4.90. The molecule has 0 aliphatic heterocycles. The lowest BCUT2D eigenvalue weighted by atomic mass is 10.1. The third-order valence-electron chi connectivity index (χ3n) is 3.18. The summed E-state index contributed by atoms with van der Waals surface area (Å²) in [6.07, 6.45) is 1.90. The summed E-state index contributed by atoms with van der Waals surface area (Å²) in [5.74, 6) is -0.480. The van der Waals surface area contributed by atoms with Gasteiger partial charge < -0.3 is 15.4 Å². The van der Waals surface area contributed by atoms with Gasteiger partial charge in [-0.05, 0) is 18.9 Å². The number of aromatic nitrogens is 1. The number of pyridine rings is 1. The molecular formula is C16H18N2O3. The molecule has 5 heteroatoms. The minimum absolute atomic E-state index is 0.0483. The smallest absolute Gasteiger partial charge is 0.257 e. The highest BCUT2D eigenvalue weighted by Crippen LogP contribution is 2.03. The zero-order chi connectivity index (χ0) is 15.2. The Morgan fingerprint density at radius 3 is 2.67 bits per heavy atom. The van der Waals surface area contributed by atoms with Crippen LogP contribution in [0.4, 0.5) is 0 Å². The lowest BCUT2D eigenvalue weighted by molar-refractivity contribution is 0.0915. The van der Waals surface area contributed by atoms with Crippen LogP contribution in [0.25, 0.3) is 0 Å². The standard InChI is InChI=1S/C16H18N2O3/c1-11-7-15(20)14(9-17-11)16(21)18-13(10-19)8-12-5-3-2-4-6-12/h2-7,9,13,19H,8,10H2,1H3,(H,17,20)(H,18,21). The Bertz CT molecular complexity index is 665. The first-order chi connectivity index (χ1) is 10.1. The van der Waals surface area contributed by atoms with Crippen molar-refractivity contribution in [3.63, 3.8) is 0 Å². The molecule has 0 aliphatic carbocycles. The molecule has 2 aromatic rings. The fraction of sp³-hybridized carbons (Fsp3) is 0.250. The second-order valence-corrected chi connectivity index (χ2v) is 4.94. The van der Waals surface area contributed by atoms with E-state index < -0.39 is 11.9 Å². The zero-order valence-corrected chi connectivity index (χ0v) is 11.8. The minimum atomic E-state index is -0.480. The van der Waals surface area contributed by atoms with Crippen LogP contribution in [0.5, 0.6) is 0 Å². The molecule has 2 rings (SSSR count). The molecular weight excluding hydrogens is 268 g/mol. The maximum absolute atomic E-state index is 12.1. The number of nitrogens with one attached hydrogen (secondary N) is 2. The summed E-state index contributed by atoms with van der Waals surface area (Å²) in [6, 6.07) is 10.5. The maximum Gasteiger partial charge on any atom is 0.257 e. The van der Waals surface area contributed by atoms with Crippen molar-refractivity contribution in [3.05, 3.63) is 69.6 Å². The second-order valence-electron chi connectivity index (χ2n) is 4.94. The predicted molar refractivity (Wildman–Crippen MR) is 80.3 cm³/mol. The number of hydrogen-bond acceptors (Lipinski definition) is 3. The molecule has 21 heavy (non-hydrogen) atoms. The average molecular weight is 286 g/mol. The Morgan fingerprint density at radius 1 is 1.33 bits per heavy atom. The van der Waals surface area contributed by atoms with Crippen molar-refractivity contribution in [2.75, 3.05) is 6.61 Å². The summed E-state index contributed by atoms with van der Waals surface area (Å²) in [4.78, 5) is 26.7. The van der Waals surface area contributed by atoms with Crippen LogP contribution in [0, 0.1) is 6.92 Å². The van der Waals surface area contributed by atoms with Gasteiger partial charge >= 0.3 is 0 Å². The van der Waals surface area contributed by atoms with Gasteiger partial charge in [0.15, 0.2) is 5.43 Å². The van der Waals surface area contributed by atoms with Gasteiger partial charge in [-0.3, -0.25) is 9.59 Å². The monoisotopic (exact) mass is 286 g/mol. The van der Waals surface area contributed by atoms with Crippen LogP contribution >= 0.6 is 0 Å². The van der Waals surface area contributed by atoms with Crippen LogP contribution in [0.1, 0.15) is 21.6 Å². The first-order valence-electron chi connectivity index (χ1n) is 6.75. The van der Waals surface area contributed by atoms with Crippen molar-refractivity contribution < 1.29 is 9.90 Å². The number of aliphatic hydroxyl groups is 1. The third-order valence-corrected chi connectivity index (χ3v) is 3.18. The largest absolute Gasteiger partial charge is 0.394 e. The number of rotatable bonds is 5. The second kappa shape index (κ2) is 6.85. The number of carbonyl (C=O) groups excluding carboxylic acids is 1. The maximum atomic E-state index is 12.1. The van der Waals surface area contributed by atoms with Crippen LogP contribution in [-0.4, -0.2) is 28.6 Å². The van der Waals surface area contributed by atoms with E-state index in [1.807, 2.05) is 30.3 Å². The Hall–Kier alpha value is -2.40. The van der Waals surface area contributed by atoms with E-state index in [0.717, 1.165) is 5.56 Å². The lowest BCUT2D eigenvalue weighted by Crippen LogP contribution is -2.40. The molecule has 1 atom stereocenters. The molecule has 1 unspecified atom stereocenters. The number of H-pyrrole nitrogens is 1. The van der Waals surface area contributed by atoms with Gasteiger partial charge in [0.05, 0.1) is 12.6 Å². The summed E-state index contributed by atoms with van der Waals surface area (Å²) >= 11 is 0. The lowest BCUT2D eigenvalue weighted by Gasteiger charge is -2.16. The first kappa shape index (κ1) is 15.0. The molecule has 1 aromatic heterocycles. The molecule has 0 saturated heterocycles. The third kappa shape index (κ3) is 4.03. The summed E-state index contributed by atoms with van der Waals surface area (Å²) in [7, 11) is 0. The van der Waals surface area contributed by atoms with Gasteiger partial charge in [0.1, 0.15) is 5.56 Å². The zero-order valence-electron chi connectivity index (χ0n) is 11.8. The van der Waals surface area contributed by atoms with Crippen LogP contribution < -0.4 is 10.7 Å². The van der Waals surface area contributed by atoms with Crippen LogP contribution in [0.3, 0.4) is 0 Å². The van der Waals surface area contributed by atoms with Crippen molar-refractivity contribution in [1.82, 2.24) is 10.3 Å². The molecule has 1 aromatic carbocycles. The van der Waals surface area contributed by atoms with E-state index in [1.54, 1.807) is 6.92 Å². The van der Waals surface area contributed by atoms with Gasteiger partial charge in [-0.1, -0.05) is 30.3 Å². The first-order valence-corrected chi connectivity index (χ1v) is 6.75. The fourth-order valence-electron chi connectivity index (χ4n) is 2.07. The molecule has 3 N–H and O–H groups in total. The summed E-state index contributed by atoms with van der Waals surface area (Å²) < 4.78 is 0. The van der Waals surface area contributed by atoms with E-state index in [9.17, 15) is 14.7 Å². The van der Waals surface area contributed by atoms with E-state index in [-0.39, 0.29) is 17.6 Å². The van der Waals surface area contributed by atoms with E-state index in [1.165, 1.54) is 12.3 Å². The average Bonchev–Trinajstić information content (AvgIpc) is 2.47. The van der Waals surface area contributed by atoms with Gasteiger partial charge in [-0.15, -0.1) is 0 Å². The summed E-state index contributed by atoms with van der Waals surface area (Å²) in [6.45, 7) is 1.55. The van der Waals surface area contributed by atoms with Gasteiger partial charge in [0.2, 0.25) is 0 Å². The van der Waals surface area contributed by atoms with Crippen molar-refractivity contribution >= 4 is 5.91 Å². The molecule has 110 valence electrons. The fourth-order valence-corrected chi connectivity index (χ4v) is 2.07. The number of aryl methyl sites for hydroxylation is 1.